The molecular formula is C25H36N6O7. The van der Waals surface area contributed by atoms with Crippen LogP contribution in [0.15, 0.2) is 30.5 Å². The normalized spacial score (nSPS) is 15.2. The van der Waals surface area contributed by atoms with E-state index in [9.17, 15) is 34.2 Å². The van der Waals surface area contributed by atoms with E-state index in [2.05, 4.69) is 20.9 Å². The van der Waals surface area contributed by atoms with Crippen LogP contribution in [0, 0.1) is 5.92 Å². The van der Waals surface area contributed by atoms with Gasteiger partial charge in [-0.05, 0) is 30.9 Å². The molecule has 13 heteroatoms. The predicted molar refractivity (Wildman–Crippen MR) is 138 cm³/mol. The zero-order valence-electron chi connectivity index (χ0n) is 21.6. The molecule has 4 amide bonds. The fraction of sp³-hybridized carbons (Fsp3) is 0.480. The van der Waals surface area contributed by atoms with E-state index < -0.39 is 59.9 Å². The van der Waals surface area contributed by atoms with Crippen LogP contribution in [0.3, 0.4) is 0 Å². The van der Waals surface area contributed by atoms with E-state index in [1.165, 1.54) is 6.92 Å². The van der Waals surface area contributed by atoms with Gasteiger partial charge in [0.05, 0.1) is 12.1 Å². The van der Waals surface area contributed by atoms with E-state index >= 15 is 0 Å². The number of fused-ring (bicyclic) bond motifs is 1. The minimum Gasteiger partial charge on any atom is -0.480 e. The van der Waals surface area contributed by atoms with Crippen molar-refractivity contribution in [2.75, 3.05) is 0 Å². The van der Waals surface area contributed by atoms with Gasteiger partial charge in [0, 0.05) is 29.9 Å². The lowest BCUT2D eigenvalue weighted by atomic mass is 10.0. The van der Waals surface area contributed by atoms with Crippen molar-refractivity contribution in [3.05, 3.63) is 36.0 Å². The lowest BCUT2D eigenvalue weighted by Crippen LogP contribution is -2.59. The monoisotopic (exact) mass is 532 g/mol. The van der Waals surface area contributed by atoms with Gasteiger partial charge >= 0.3 is 5.97 Å². The summed E-state index contributed by atoms with van der Waals surface area (Å²) in [4.78, 5) is 64.9. The van der Waals surface area contributed by atoms with Gasteiger partial charge in [-0.3, -0.25) is 19.2 Å². The predicted octanol–water partition coefficient (Wildman–Crippen LogP) is -1.12. The number of aromatic amines is 1. The zero-order valence-corrected chi connectivity index (χ0v) is 21.6. The van der Waals surface area contributed by atoms with E-state index in [0.29, 0.717) is 0 Å². The highest BCUT2D eigenvalue weighted by molar-refractivity contribution is 5.95. The van der Waals surface area contributed by atoms with E-state index in [-0.39, 0.29) is 25.2 Å². The van der Waals surface area contributed by atoms with Crippen molar-refractivity contribution < 1.29 is 34.2 Å². The van der Waals surface area contributed by atoms with Gasteiger partial charge in [-0.1, -0.05) is 32.0 Å². The van der Waals surface area contributed by atoms with Crippen LogP contribution in [0.5, 0.6) is 0 Å². The number of aliphatic carboxylic acids is 1. The Balaban J connectivity index is 2.33. The van der Waals surface area contributed by atoms with Crippen LogP contribution >= 0.6 is 0 Å². The maximum atomic E-state index is 13.4. The van der Waals surface area contributed by atoms with Gasteiger partial charge in [0.15, 0.2) is 6.04 Å². The summed E-state index contributed by atoms with van der Waals surface area (Å²) < 4.78 is 0. The van der Waals surface area contributed by atoms with Crippen molar-refractivity contribution in [2.45, 2.75) is 70.3 Å². The first-order valence-electron chi connectivity index (χ1n) is 12.2. The van der Waals surface area contributed by atoms with Gasteiger partial charge in [-0.2, -0.15) is 0 Å². The molecule has 1 aromatic heterocycles. The molecule has 0 spiro atoms. The maximum Gasteiger partial charge on any atom is 0.328 e. The molecule has 0 aliphatic carbocycles. The Hall–Kier alpha value is -3.97. The molecule has 38 heavy (non-hydrogen) atoms. The Labute approximate surface area is 219 Å². The van der Waals surface area contributed by atoms with Gasteiger partial charge in [0.2, 0.25) is 23.6 Å². The SMILES string of the molecule is CC(C)C(N)C(=O)NC(Cc1c[nH]c2ccccc12)C(=O)NC(CCC(N)=O)C(=O)NC(C(=O)O)C(C)O. The van der Waals surface area contributed by atoms with Gasteiger partial charge in [0.25, 0.3) is 0 Å². The van der Waals surface area contributed by atoms with Crippen molar-refractivity contribution in [1.29, 1.82) is 0 Å². The molecule has 0 aliphatic rings. The summed E-state index contributed by atoms with van der Waals surface area (Å²) in [7, 11) is 0. The molecule has 13 nitrogen and oxygen atoms in total. The third-order valence-electron chi connectivity index (χ3n) is 6.11. The lowest BCUT2D eigenvalue weighted by Gasteiger charge is -2.26. The van der Waals surface area contributed by atoms with Crippen molar-refractivity contribution in [2.24, 2.45) is 17.4 Å². The van der Waals surface area contributed by atoms with Crippen LogP contribution in [-0.4, -0.2) is 75.1 Å². The number of carbonyl (C=O) groups excluding carboxylic acids is 4. The molecule has 2 rings (SSSR count). The van der Waals surface area contributed by atoms with Crippen LogP contribution in [0.2, 0.25) is 0 Å². The zero-order chi connectivity index (χ0) is 28.6. The van der Waals surface area contributed by atoms with Crippen molar-refractivity contribution in [3.8, 4) is 0 Å². The highest BCUT2D eigenvalue weighted by Gasteiger charge is 2.32. The molecule has 0 fully saturated rings. The maximum absolute atomic E-state index is 13.4. The summed E-state index contributed by atoms with van der Waals surface area (Å²) >= 11 is 0. The fourth-order valence-electron chi connectivity index (χ4n) is 3.77. The average Bonchev–Trinajstić information content (AvgIpc) is 3.25. The Morgan fingerprint density at radius 1 is 0.947 bits per heavy atom. The number of aliphatic hydroxyl groups excluding tert-OH is 1. The summed E-state index contributed by atoms with van der Waals surface area (Å²) in [6, 6.07) is 2.28. The van der Waals surface area contributed by atoms with E-state index in [1.54, 1.807) is 20.0 Å². The largest absolute Gasteiger partial charge is 0.480 e. The van der Waals surface area contributed by atoms with Crippen molar-refractivity contribution >= 4 is 40.5 Å². The van der Waals surface area contributed by atoms with E-state index in [0.717, 1.165) is 16.5 Å². The highest BCUT2D eigenvalue weighted by atomic mass is 16.4. The summed E-state index contributed by atoms with van der Waals surface area (Å²) in [6.45, 7) is 4.69. The number of carboxylic acid groups (broad SMARTS) is 1. The number of hydrogen-bond donors (Lipinski definition) is 8. The lowest BCUT2D eigenvalue weighted by molar-refractivity contribution is -0.145. The van der Waals surface area contributed by atoms with Crippen LogP contribution in [0.4, 0.5) is 0 Å². The molecule has 10 N–H and O–H groups in total. The number of hydrogen-bond acceptors (Lipinski definition) is 7. The summed E-state index contributed by atoms with van der Waals surface area (Å²) in [5.41, 5.74) is 12.7. The van der Waals surface area contributed by atoms with E-state index in [4.69, 9.17) is 11.5 Å². The first-order chi connectivity index (χ1) is 17.8. The third kappa shape index (κ3) is 8.28. The molecule has 0 saturated heterocycles. The van der Waals surface area contributed by atoms with Crippen molar-refractivity contribution in [3.63, 3.8) is 0 Å². The Kier molecular flexibility index (Phi) is 10.8. The number of amides is 4. The third-order valence-corrected chi connectivity index (χ3v) is 6.11. The second kappa shape index (κ2) is 13.5. The van der Waals surface area contributed by atoms with Gasteiger partial charge in [-0.25, -0.2) is 4.79 Å². The number of rotatable bonds is 14. The Morgan fingerprint density at radius 3 is 2.13 bits per heavy atom. The van der Waals surface area contributed by atoms with Crippen molar-refractivity contribution in [1.82, 2.24) is 20.9 Å². The molecule has 5 atom stereocenters. The van der Waals surface area contributed by atoms with Crippen LogP contribution in [-0.2, 0) is 30.4 Å². The van der Waals surface area contributed by atoms with Crippen LogP contribution in [0.25, 0.3) is 10.9 Å². The summed E-state index contributed by atoms with van der Waals surface area (Å²) in [6.07, 6.45) is -0.213. The highest BCUT2D eigenvalue weighted by Crippen LogP contribution is 2.19. The first-order valence-corrected chi connectivity index (χ1v) is 12.2. The van der Waals surface area contributed by atoms with Crippen LogP contribution in [0.1, 0.15) is 39.2 Å². The molecule has 1 aromatic carbocycles. The Bertz CT molecular complexity index is 1160. The first kappa shape index (κ1) is 30.3. The number of carboxylic acids is 1. The molecule has 208 valence electrons. The number of aliphatic hydroxyl groups is 1. The molecule has 0 bridgehead atoms. The number of primary amides is 1. The quantitative estimate of drug-likeness (QED) is 0.148. The van der Waals surface area contributed by atoms with E-state index in [1.807, 2.05) is 24.3 Å². The summed E-state index contributed by atoms with van der Waals surface area (Å²) in [5, 5.41) is 27.1. The Morgan fingerprint density at radius 2 is 1.55 bits per heavy atom. The van der Waals surface area contributed by atoms with Crippen LogP contribution < -0.4 is 27.4 Å². The number of H-pyrrole nitrogens is 1. The van der Waals surface area contributed by atoms with Gasteiger partial charge in [0.1, 0.15) is 12.1 Å². The number of nitrogens with one attached hydrogen (secondary N) is 4. The number of para-hydroxylation sites is 1. The number of aromatic nitrogens is 1. The molecule has 2 aromatic rings. The minimum atomic E-state index is -1.65. The average molecular weight is 533 g/mol. The molecule has 0 radical (unpaired) electrons. The molecule has 5 unspecified atom stereocenters. The standard InChI is InChI=1S/C25H36N6O7/c1-12(2)20(27)24(36)30-18(10-14-11-28-16-7-5-4-6-15(14)16)23(35)29-17(8-9-19(26)33)22(34)31-21(13(3)32)25(37)38/h4-7,11-13,17-18,20-21,28,32H,8-10,27H2,1-3H3,(H2,26,33)(H,29,35)(H,30,36)(H,31,34)(H,37,38). The minimum absolute atomic E-state index is 0.0436. The number of nitrogens with two attached hydrogens (primary N) is 2. The van der Waals surface area contributed by atoms with Gasteiger partial charge in [-0.15, -0.1) is 0 Å². The second-order valence-corrected chi connectivity index (χ2v) is 9.53. The smallest absolute Gasteiger partial charge is 0.328 e. The van der Waals surface area contributed by atoms with Gasteiger partial charge < -0.3 is 42.6 Å². The summed E-state index contributed by atoms with van der Waals surface area (Å²) in [5.74, 6) is -4.71. The molecule has 1 heterocycles. The number of carbonyl (C=O) groups is 5. The second-order valence-electron chi connectivity index (χ2n) is 9.53. The molecule has 0 aliphatic heterocycles. The topological polar surface area (TPSA) is 230 Å². The molecule has 0 saturated carbocycles. The molecular weight excluding hydrogens is 496 g/mol. The number of benzene rings is 1. The fourth-order valence-corrected chi connectivity index (χ4v) is 3.77.